The topological polar surface area (TPSA) is 172 Å². The summed E-state index contributed by atoms with van der Waals surface area (Å²) < 4.78 is 6.62. The molecule has 3 N–H and O–H groups in total. The molecule has 0 unspecified atom stereocenters. The number of nitrogens with two attached hydrogens (primary N) is 1. The Morgan fingerprint density at radius 3 is 2.31 bits per heavy atom. The average Bonchev–Trinajstić information content (AvgIpc) is 3.60. The number of piperazine rings is 1. The molecule has 2 saturated heterocycles. The first-order valence-electron chi connectivity index (χ1n) is 16.5. The number of nitrogen functional groups attached to an aromatic ring is 1. The fourth-order valence-electron chi connectivity index (χ4n) is 5.96. The summed E-state index contributed by atoms with van der Waals surface area (Å²) >= 11 is 0. The normalized spacial score (nSPS) is 16.3. The Balaban J connectivity index is 0.000000304. The zero-order chi connectivity index (χ0) is 34.6. The largest absolute Gasteiger partial charge is 1.00 e. The first-order valence-corrected chi connectivity index (χ1v) is 16.5. The number of ether oxygens (including phenoxy) is 1. The number of anilines is 2. The molecular weight excluding hydrogens is 670 g/mol. The number of para-hydroxylation sites is 2. The molecule has 1 aliphatic carbocycles. The molecule has 3 fully saturated rings. The first-order chi connectivity index (χ1) is 23.8. The summed E-state index contributed by atoms with van der Waals surface area (Å²) in [6.07, 6.45) is 11.4. The van der Waals surface area contributed by atoms with E-state index in [0.29, 0.717) is 61.9 Å². The van der Waals surface area contributed by atoms with Crippen LogP contribution in [0.2, 0.25) is 0 Å². The Kier molecular flexibility index (Phi) is 17.6. The van der Waals surface area contributed by atoms with Gasteiger partial charge in [-0.05, 0) is 37.5 Å². The zero-order valence-electron chi connectivity index (χ0n) is 29.4. The van der Waals surface area contributed by atoms with Gasteiger partial charge in [-0.3, -0.25) is 24.6 Å². The second-order valence-electron chi connectivity index (χ2n) is 11.8. The molecule has 2 aromatic carbocycles. The van der Waals surface area contributed by atoms with Crippen LogP contribution in [-0.2, 0) is 14.4 Å². The van der Waals surface area contributed by atoms with Crippen molar-refractivity contribution >= 4 is 29.2 Å². The van der Waals surface area contributed by atoms with Crippen molar-refractivity contribution in [1.29, 1.82) is 0 Å². The van der Waals surface area contributed by atoms with E-state index in [1.54, 1.807) is 46.2 Å². The minimum atomic E-state index is -0.139. The standard InChI is InChI=1S/C23H27N7O2.C8H8O.C5H7NO2.2Na/c24-23-20(12-19(26-27-23)18-8-4-5-9-21(18)31)30-14-17(13-25-30)29-11-10-28(15-22(29)32)16-6-2-1-3-7-16;1-2-9-8-6-4-3-5-7-8;7-4-2-1-3-5(8)6-4;;/h4-5,8-9,12-14,16,31H,1-3,6-7,10-11,15H2,(H2,24,27);3-6H,1-2H2;1-3H2,(H,6,7,8);;/q;-2;;2*+1/p-1. The van der Waals surface area contributed by atoms with Crippen LogP contribution >= 0.6 is 0 Å². The predicted octanol–water partition coefficient (Wildman–Crippen LogP) is -2.51. The van der Waals surface area contributed by atoms with E-state index in [1.807, 2.05) is 24.3 Å². The third-order valence-corrected chi connectivity index (χ3v) is 8.46. The first kappa shape index (κ1) is 42.1. The molecule has 4 heterocycles. The maximum atomic E-state index is 12.9. The predicted molar refractivity (Wildman–Crippen MR) is 182 cm³/mol. The fourth-order valence-corrected chi connectivity index (χ4v) is 5.96. The van der Waals surface area contributed by atoms with Crippen molar-refractivity contribution < 1.29 is 83.3 Å². The van der Waals surface area contributed by atoms with Gasteiger partial charge in [-0.2, -0.15) is 23.3 Å². The van der Waals surface area contributed by atoms with Gasteiger partial charge in [0.25, 0.3) is 0 Å². The number of hydrogen-bond acceptors (Lipinski definition) is 10. The number of carbonyl (C=O) groups excluding carboxylic acids is 3. The monoisotopic (exact) mass is 711 g/mol. The number of rotatable bonds is 6. The van der Waals surface area contributed by atoms with Crippen LogP contribution in [0, 0.1) is 13.0 Å². The Labute approximate surface area is 342 Å². The van der Waals surface area contributed by atoms with E-state index in [1.165, 1.54) is 38.2 Å². The second kappa shape index (κ2) is 21.3. The van der Waals surface area contributed by atoms with Gasteiger partial charge < -0.3 is 27.4 Å². The zero-order valence-corrected chi connectivity index (χ0v) is 33.4. The van der Waals surface area contributed by atoms with E-state index in [2.05, 4.69) is 38.5 Å². The van der Waals surface area contributed by atoms with Crippen LogP contribution in [-0.4, -0.2) is 74.9 Å². The van der Waals surface area contributed by atoms with Crippen molar-refractivity contribution in [3.63, 3.8) is 0 Å². The summed E-state index contributed by atoms with van der Waals surface area (Å²) in [6.45, 7) is 5.95. The molecule has 1 saturated carbocycles. The Morgan fingerprint density at radius 2 is 1.69 bits per heavy atom. The maximum absolute atomic E-state index is 12.9. The molecule has 258 valence electrons. The van der Waals surface area contributed by atoms with Crippen LogP contribution in [0.15, 0.2) is 67.0 Å². The van der Waals surface area contributed by atoms with Gasteiger partial charge in [-0.1, -0.05) is 49.3 Å². The van der Waals surface area contributed by atoms with Crippen molar-refractivity contribution in [3.8, 4) is 28.4 Å². The Bertz CT molecular complexity index is 1700. The summed E-state index contributed by atoms with van der Waals surface area (Å²) in [5, 5.41) is 26.9. The number of benzene rings is 2. The number of hydrogen-bond donors (Lipinski definition) is 2. The van der Waals surface area contributed by atoms with Gasteiger partial charge in [0.1, 0.15) is 5.69 Å². The van der Waals surface area contributed by atoms with Gasteiger partial charge in [0.2, 0.25) is 17.7 Å². The molecule has 2 aromatic heterocycles. The molecule has 3 amide bonds. The van der Waals surface area contributed by atoms with Gasteiger partial charge in [-0.15, -0.1) is 22.3 Å². The van der Waals surface area contributed by atoms with E-state index in [9.17, 15) is 19.5 Å². The molecule has 0 atom stereocenters. The van der Waals surface area contributed by atoms with Crippen molar-refractivity contribution in [2.75, 3.05) is 36.9 Å². The third kappa shape index (κ3) is 12.1. The molecular formula is C36H41N8Na2O5-. The number of carbonyl (C=O) groups is 3. The van der Waals surface area contributed by atoms with Crippen molar-refractivity contribution in [1.82, 2.24) is 30.2 Å². The smallest absolute Gasteiger partial charge is 0.872 e. The van der Waals surface area contributed by atoms with Gasteiger partial charge in [0, 0.05) is 37.7 Å². The fraction of sp³-hybridized carbons (Fsp3) is 0.361. The Morgan fingerprint density at radius 1 is 0.961 bits per heavy atom. The average molecular weight is 712 g/mol. The van der Waals surface area contributed by atoms with Gasteiger partial charge in [-0.25, -0.2) is 4.68 Å². The molecule has 3 aliphatic rings. The molecule has 0 bridgehead atoms. The number of nitrogens with one attached hydrogen (secondary N) is 1. The molecule has 51 heavy (non-hydrogen) atoms. The summed E-state index contributed by atoms with van der Waals surface area (Å²) in [6, 6.07) is 19.2. The van der Waals surface area contributed by atoms with E-state index in [0.717, 1.165) is 18.0 Å². The summed E-state index contributed by atoms with van der Waals surface area (Å²) in [7, 11) is 0. The van der Waals surface area contributed by atoms with Gasteiger partial charge in [0.05, 0.1) is 30.3 Å². The number of imide groups is 1. The minimum absolute atomic E-state index is 0. The molecule has 0 radical (unpaired) electrons. The van der Waals surface area contributed by atoms with E-state index in [-0.39, 0.29) is 88.4 Å². The van der Waals surface area contributed by atoms with Gasteiger partial charge in [0.15, 0.2) is 5.82 Å². The van der Waals surface area contributed by atoms with Crippen molar-refractivity contribution in [3.05, 3.63) is 80.0 Å². The van der Waals surface area contributed by atoms with Crippen LogP contribution in [0.4, 0.5) is 11.5 Å². The molecule has 7 rings (SSSR count). The van der Waals surface area contributed by atoms with Crippen LogP contribution in [0.25, 0.3) is 16.9 Å². The summed E-state index contributed by atoms with van der Waals surface area (Å²) in [4.78, 5) is 37.7. The van der Waals surface area contributed by atoms with E-state index in [4.69, 9.17) is 10.5 Å². The quantitative estimate of drug-likeness (QED) is 0.124. The summed E-state index contributed by atoms with van der Waals surface area (Å²) in [5.74, 6) is 0.624. The number of piperidine rings is 1. The van der Waals surface area contributed by atoms with Gasteiger partial charge >= 0.3 is 59.1 Å². The Hall–Kier alpha value is -3.30. The van der Waals surface area contributed by atoms with Crippen molar-refractivity contribution in [2.45, 2.75) is 57.4 Å². The summed E-state index contributed by atoms with van der Waals surface area (Å²) in [5.41, 5.74) is 8.16. The van der Waals surface area contributed by atoms with Crippen LogP contribution in [0.1, 0.15) is 51.4 Å². The number of nitrogens with zero attached hydrogens (tertiary/aromatic N) is 6. The molecule has 13 nitrogen and oxygen atoms in total. The van der Waals surface area contributed by atoms with Crippen molar-refractivity contribution in [2.24, 2.45) is 0 Å². The molecule has 4 aromatic rings. The number of aromatic nitrogens is 4. The number of amides is 3. The third-order valence-electron chi connectivity index (χ3n) is 8.46. The molecule has 2 aliphatic heterocycles. The van der Waals surface area contributed by atoms with E-state index < -0.39 is 0 Å². The van der Waals surface area contributed by atoms with Crippen LogP contribution < -0.4 is 84.9 Å². The molecule has 15 heteroatoms. The minimum Gasteiger partial charge on any atom is -0.872 e. The SMILES string of the molecule is Nc1nnc(-c2ccccc2[O-])cc1-n1cc(N2CCN(C3CCCCC3)CC2=O)cn1.O=C1CCCC(=O)N1.[CH2-]COc1[c-]cccc1.[Na+].[Na+]. The van der Waals surface area contributed by atoms with Crippen LogP contribution in [0.3, 0.4) is 0 Å². The van der Waals surface area contributed by atoms with E-state index >= 15 is 0 Å². The van der Waals surface area contributed by atoms with Crippen LogP contribution in [0.5, 0.6) is 11.5 Å². The molecule has 0 spiro atoms. The maximum Gasteiger partial charge on any atom is 1.00 e. The second-order valence-corrected chi connectivity index (χ2v) is 11.8.